The molecule has 4 aromatic carbocycles. The Balaban J connectivity index is 1.87. The largest absolute Gasteiger partial charge is 0.496 e. The molecule has 0 aliphatic heterocycles. The number of methoxy groups -OCH3 is 1. The van der Waals surface area contributed by atoms with Crippen molar-refractivity contribution in [1.82, 2.24) is 0 Å². The third-order valence-corrected chi connectivity index (χ3v) is 6.97. The second-order valence-electron chi connectivity index (χ2n) is 10.2. The molecule has 0 unspecified atom stereocenters. The van der Waals surface area contributed by atoms with E-state index >= 15 is 0 Å². The van der Waals surface area contributed by atoms with Gasteiger partial charge in [-0.2, -0.15) is 0 Å². The van der Waals surface area contributed by atoms with Gasteiger partial charge in [-0.25, -0.2) is 18.2 Å². The van der Waals surface area contributed by atoms with Gasteiger partial charge >= 0.3 is 0 Å². The van der Waals surface area contributed by atoms with Gasteiger partial charge in [0.1, 0.15) is 11.6 Å². The summed E-state index contributed by atoms with van der Waals surface area (Å²) in [4.78, 5) is 4.74. The van der Waals surface area contributed by atoms with E-state index in [1.807, 2.05) is 67.6 Å². The Hall–Kier alpha value is -4.90. The van der Waals surface area contributed by atoms with Crippen molar-refractivity contribution in [3.05, 3.63) is 160 Å². The van der Waals surface area contributed by atoms with Gasteiger partial charge < -0.3 is 4.74 Å². The first-order valence-corrected chi connectivity index (χ1v) is 14.0. The van der Waals surface area contributed by atoms with Crippen LogP contribution in [0.5, 0.6) is 5.75 Å². The van der Waals surface area contributed by atoms with Crippen molar-refractivity contribution in [1.29, 1.82) is 0 Å². The van der Waals surface area contributed by atoms with Crippen molar-refractivity contribution in [3.8, 4) is 5.75 Å². The fourth-order valence-corrected chi connectivity index (χ4v) is 4.46. The first kappa shape index (κ1) is 31.0. The van der Waals surface area contributed by atoms with Gasteiger partial charge in [0, 0.05) is 11.6 Å². The summed E-state index contributed by atoms with van der Waals surface area (Å²) in [6.45, 7) is 10.1. The Bertz CT molecular complexity index is 1760. The first-order chi connectivity index (χ1) is 20.7. The highest BCUT2D eigenvalue weighted by molar-refractivity contribution is 6.17. The fraction of sp³-hybridized carbons (Fsp3) is 0.132. The second-order valence-corrected chi connectivity index (χ2v) is 10.2. The molecule has 5 heteroatoms. The van der Waals surface area contributed by atoms with Gasteiger partial charge in [-0.15, -0.1) is 0 Å². The summed E-state index contributed by atoms with van der Waals surface area (Å²) in [5.74, 6) is -1.49. The van der Waals surface area contributed by atoms with Gasteiger partial charge in [0.25, 0.3) is 0 Å². The van der Waals surface area contributed by atoms with E-state index in [4.69, 9.17) is 9.73 Å². The molecule has 0 amide bonds. The fourth-order valence-electron chi connectivity index (χ4n) is 4.46. The molecular weight excluding hydrogens is 543 g/mol. The lowest BCUT2D eigenvalue weighted by Crippen LogP contribution is -2.02. The molecule has 0 radical (unpaired) electrons. The smallest absolute Gasteiger partial charge is 0.160 e. The van der Waals surface area contributed by atoms with E-state index < -0.39 is 11.6 Å². The van der Waals surface area contributed by atoms with Crippen LogP contribution in [0.3, 0.4) is 0 Å². The average molecular weight is 578 g/mol. The van der Waals surface area contributed by atoms with Crippen LogP contribution in [0.15, 0.2) is 114 Å². The molecule has 218 valence electrons. The van der Waals surface area contributed by atoms with Gasteiger partial charge in [-0.05, 0) is 102 Å². The molecule has 0 saturated heterocycles. The lowest BCUT2D eigenvalue weighted by Gasteiger charge is -2.11. The van der Waals surface area contributed by atoms with Crippen LogP contribution < -0.4 is 4.74 Å². The predicted molar refractivity (Wildman–Crippen MR) is 173 cm³/mol. The summed E-state index contributed by atoms with van der Waals surface area (Å²) in [6, 6.07) is 22.3. The maximum absolute atomic E-state index is 14.2. The molecular formula is C38H34F3NO. The third kappa shape index (κ3) is 8.32. The number of halogens is 3. The number of nitrogens with zero attached hydrogens (tertiary/aromatic N) is 1. The lowest BCUT2D eigenvalue weighted by molar-refractivity contribution is 0.411. The number of aryl methyl sites for hydroxylation is 3. The average Bonchev–Trinajstić information content (AvgIpc) is 3.01. The van der Waals surface area contributed by atoms with E-state index in [9.17, 15) is 13.2 Å². The van der Waals surface area contributed by atoms with Gasteiger partial charge in [-0.1, -0.05) is 74.2 Å². The van der Waals surface area contributed by atoms with Crippen LogP contribution in [-0.2, 0) is 6.42 Å². The molecule has 0 aliphatic rings. The van der Waals surface area contributed by atoms with E-state index in [2.05, 4.69) is 25.6 Å². The summed E-state index contributed by atoms with van der Waals surface area (Å²) in [6.07, 6.45) is 10.3. The van der Waals surface area contributed by atoms with E-state index in [1.165, 1.54) is 17.7 Å². The molecule has 43 heavy (non-hydrogen) atoms. The molecule has 0 heterocycles. The quantitative estimate of drug-likeness (QED) is 0.136. The maximum atomic E-state index is 14.2. The van der Waals surface area contributed by atoms with Crippen LogP contribution in [0.25, 0.3) is 18.2 Å². The van der Waals surface area contributed by atoms with Crippen molar-refractivity contribution >= 4 is 29.6 Å². The SMILES string of the molecule is C=C(/C=C/c1ccc(C)c(OC)c1)/C(=C/c1ccc(F)c(C)c1)C(/C=C/c1cccc(CC)c1)=Nc1ccc(F)c(F)c1. The first-order valence-electron chi connectivity index (χ1n) is 14.0. The Labute approximate surface area is 251 Å². The van der Waals surface area contributed by atoms with Crippen molar-refractivity contribution in [2.45, 2.75) is 27.2 Å². The number of hydrogen-bond donors (Lipinski definition) is 0. The number of rotatable bonds is 10. The maximum Gasteiger partial charge on any atom is 0.160 e. The highest BCUT2D eigenvalue weighted by Crippen LogP contribution is 2.26. The topological polar surface area (TPSA) is 21.6 Å². The summed E-state index contributed by atoms with van der Waals surface area (Å²) in [7, 11) is 1.63. The Kier molecular flexibility index (Phi) is 10.3. The van der Waals surface area contributed by atoms with Crippen LogP contribution in [0.2, 0.25) is 0 Å². The number of aliphatic imine (C=N–C) groups is 1. The molecule has 0 atom stereocenters. The zero-order valence-corrected chi connectivity index (χ0v) is 24.8. The third-order valence-electron chi connectivity index (χ3n) is 6.97. The summed E-state index contributed by atoms with van der Waals surface area (Å²) in [5, 5.41) is 0. The molecule has 2 nitrogen and oxygen atoms in total. The van der Waals surface area contributed by atoms with Gasteiger partial charge in [0.05, 0.1) is 18.5 Å². The molecule has 0 aromatic heterocycles. The van der Waals surface area contributed by atoms with Gasteiger partial charge in [-0.3, -0.25) is 0 Å². The minimum atomic E-state index is -0.994. The minimum Gasteiger partial charge on any atom is -0.496 e. The zero-order valence-electron chi connectivity index (χ0n) is 24.8. The van der Waals surface area contributed by atoms with Crippen molar-refractivity contribution in [3.63, 3.8) is 0 Å². The molecule has 0 aliphatic carbocycles. The minimum absolute atomic E-state index is 0.238. The van der Waals surface area contributed by atoms with Crippen LogP contribution in [0.1, 0.15) is 40.3 Å². The van der Waals surface area contributed by atoms with Gasteiger partial charge in [0.15, 0.2) is 11.6 Å². The predicted octanol–water partition coefficient (Wildman–Crippen LogP) is 10.4. The number of hydrogen-bond acceptors (Lipinski definition) is 2. The van der Waals surface area contributed by atoms with Crippen LogP contribution >= 0.6 is 0 Å². The summed E-state index contributed by atoms with van der Waals surface area (Å²) in [5.41, 5.74) is 7.22. The van der Waals surface area contributed by atoms with Crippen LogP contribution in [0.4, 0.5) is 18.9 Å². The molecule has 0 saturated carbocycles. The highest BCUT2D eigenvalue weighted by Gasteiger charge is 2.11. The highest BCUT2D eigenvalue weighted by atomic mass is 19.2. The normalized spacial score (nSPS) is 12.3. The van der Waals surface area contributed by atoms with E-state index in [0.29, 0.717) is 22.4 Å². The van der Waals surface area contributed by atoms with Crippen LogP contribution in [0, 0.1) is 31.3 Å². The number of ether oxygens (including phenoxy) is 1. The summed E-state index contributed by atoms with van der Waals surface area (Å²) >= 11 is 0. The van der Waals surface area contributed by atoms with Crippen molar-refractivity contribution in [2.75, 3.05) is 7.11 Å². The molecule has 0 spiro atoms. The molecule has 0 fully saturated rings. The Morgan fingerprint density at radius 2 is 1.49 bits per heavy atom. The Morgan fingerprint density at radius 1 is 0.767 bits per heavy atom. The van der Waals surface area contributed by atoms with E-state index in [-0.39, 0.29) is 11.5 Å². The van der Waals surface area contributed by atoms with Crippen molar-refractivity contribution < 1.29 is 17.9 Å². The van der Waals surface area contributed by atoms with Gasteiger partial charge in [0.2, 0.25) is 0 Å². The molecule has 4 rings (SSSR count). The number of allylic oxidation sites excluding steroid dienone is 4. The number of benzene rings is 4. The van der Waals surface area contributed by atoms with Crippen molar-refractivity contribution in [2.24, 2.45) is 4.99 Å². The second kappa shape index (κ2) is 14.3. The van der Waals surface area contributed by atoms with Crippen LogP contribution in [-0.4, -0.2) is 12.8 Å². The Morgan fingerprint density at radius 3 is 2.21 bits per heavy atom. The zero-order chi connectivity index (χ0) is 30.9. The van der Waals surface area contributed by atoms with E-state index in [0.717, 1.165) is 46.6 Å². The lowest BCUT2D eigenvalue weighted by atomic mass is 9.96. The summed E-state index contributed by atoms with van der Waals surface area (Å²) < 4.78 is 47.5. The molecule has 4 aromatic rings. The molecule has 0 bridgehead atoms. The standard InChI is InChI=1S/C38H34F3NO/c1-6-28-8-7-9-29(21-28)15-19-37(42-32-16-18-35(40)36(41)24-32)33(22-31-14-17-34(39)27(4)20-31)25(2)10-12-30-13-11-26(3)38(23-30)43-5/h7-24H,2,6H2,1,3-5H3/b12-10+,19-15+,33-22-,42-37?. The monoisotopic (exact) mass is 577 g/mol. The van der Waals surface area contributed by atoms with E-state index in [1.54, 1.807) is 26.2 Å². The molecule has 0 N–H and O–H groups in total.